The zero-order valence-corrected chi connectivity index (χ0v) is 25.9. The van der Waals surface area contributed by atoms with Crippen LogP contribution in [0.25, 0.3) is 0 Å². The number of piperazine rings is 1. The summed E-state index contributed by atoms with van der Waals surface area (Å²) in [6, 6.07) is 17.2. The first-order valence-electron chi connectivity index (χ1n) is 14.3. The number of primary amides is 1. The largest absolute Gasteiger partial charge is 0.493 e. The maximum atomic E-state index is 14.9. The van der Waals surface area contributed by atoms with E-state index in [1.165, 1.54) is 18.5 Å². The SMILES string of the molecule is C.Cc1cc(N2CCN(c3ccc(C(N)=O)cc3)CC2)ccc1OC[C@@H]1CO[C@@](Cn2cncn2)(c2ccc(F)cc2F)C1.Cl.N. The average molecular weight is 658 g/mol. The lowest BCUT2D eigenvalue weighted by atomic mass is 9.87. The van der Waals surface area contributed by atoms with Crippen molar-refractivity contribution in [2.45, 2.75) is 32.9 Å². The Morgan fingerprint density at radius 2 is 1.70 bits per heavy atom. The highest BCUT2D eigenvalue weighted by molar-refractivity contribution is 5.93. The Balaban J connectivity index is 0.00000192. The third-order valence-corrected chi connectivity index (χ3v) is 8.31. The number of nitrogens with two attached hydrogens (primary N) is 1. The Kier molecular flexibility index (Phi) is 12.1. The molecular weight excluding hydrogens is 616 g/mol. The highest BCUT2D eigenvalue weighted by atomic mass is 35.5. The first-order chi connectivity index (χ1) is 20.8. The molecule has 3 aromatic carbocycles. The van der Waals surface area contributed by atoms with Crippen LogP contribution in [0, 0.1) is 24.5 Å². The number of aromatic nitrogens is 3. The van der Waals surface area contributed by atoms with Gasteiger partial charge in [-0.3, -0.25) is 4.79 Å². The van der Waals surface area contributed by atoms with Gasteiger partial charge in [-0.2, -0.15) is 5.10 Å². The zero-order valence-electron chi connectivity index (χ0n) is 25.1. The Hall–Kier alpha value is -4.26. The third kappa shape index (κ3) is 7.75. The van der Waals surface area contributed by atoms with Crippen LogP contribution in [0.1, 0.15) is 35.3 Å². The van der Waals surface area contributed by atoms with Gasteiger partial charge in [-0.05, 0) is 67.4 Å². The second-order valence-corrected chi connectivity index (χ2v) is 11.2. The van der Waals surface area contributed by atoms with Crippen LogP contribution in [-0.2, 0) is 16.9 Å². The molecule has 2 fully saturated rings. The van der Waals surface area contributed by atoms with Crippen molar-refractivity contribution >= 4 is 29.7 Å². The van der Waals surface area contributed by atoms with Gasteiger partial charge in [0.2, 0.25) is 5.91 Å². The van der Waals surface area contributed by atoms with E-state index in [1.807, 2.05) is 25.1 Å². The lowest BCUT2D eigenvalue weighted by Crippen LogP contribution is -2.46. The van der Waals surface area contributed by atoms with Gasteiger partial charge in [0.15, 0.2) is 0 Å². The van der Waals surface area contributed by atoms with Crippen molar-refractivity contribution in [3.63, 3.8) is 0 Å². The molecule has 0 radical (unpaired) electrons. The molecule has 13 heteroatoms. The average Bonchev–Trinajstić information content (AvgIpc) is 3.67. The molecule has 0 unspecified atom stereocenters. The maximum Gasteiger partial charge on any atom is 0.248 e. The molecule has 4 aromatic rings. The molecule has 1 aromatic heterocycles. The predicted octanol–water partition coefficient (Wildman–Crippen LogP) is 5.52. The second-order valence-electron chi connectivity index (χ2n) is 11.2. The molecule has 6 rings (SSSR count). The summed E-state index contributed by atoms with van der Waals surface area (Å²) >= 11 is 0. The molecule has 2 aliphatic rings. The molecule has 46 heavy (non-hydrogen) atoms. The fourth-order valence-electron chi connectivity index (χ4n) is 6.05. The molecule has 0 bridgehead atoms. The molecule has 3 heterocycles. The summed E-state index contributed by atoms with van der Waals surface area (Å²) in [6.07, 6.45) is 3.47. The fraction of sp³-hybridized carbons (Fsp3) is 0.364. The first-order valence-corrected chi connectivity index (χ1v) is 14.3. The fourth-order valence-corrected chi connectivity index (χ4v) is 6.05. The second kappa shape index (κ2) is 15.4. The standard InChI is InChI=1S/C32H34F2N6O3.CH4.ClH.H3N/c1-22-14-27(39-12-10-38(11-13-39)26-5-2-24(3-6-26)31(35)41)7-9-30(22)42-17-23-16-32(43-18-23,19-40-21-36-20-37-40)28-8-4-25(33)15-29(28)34;;;/h2-9,14-15,20-21,23H,10-13,16-19H2,1H3,(H2,35,41);1H4;1H;1H3/t23-,32+;;;/m1.../s1. The van der Waals surface area contributed by atoms with E-state index in [1.54, 1.807) is 23.1 Å². The van der Waals surface area contributed by atoms with Gasteiger partial charge in [0.1, 0.15) is 35.6 Å². The minimum atomic E-state index is -1.01. The van der Waals surface area contributed by atoms with E-state index < -0.39 is 23.1 Å². The Morgan fingerprint density at radius 3 is 2.30 bits per heavy atom. The number of rotatable bonds is 9. The summed E-state index contributed by atoms with van der Waals surface area (Å²) in [4.78, 5) is 20.0. The molecule has 5 N–H and O–H groups in total. The van der Waals surface area contributed by atoms with E-state index in [4.69, 9.17) is 15.2 Å². The van der Waals surface area contributed by atoms with Gasteiger partial charge in [0.05, 0.1) is 19.8 Å². The molecule has 2 atom stereocenters. The molecule has 0 saturated carbocycles. The number of carbonyl (C=O) groups is 1. The van der Waals surface area contributed by atoms with Crippen LogP contribution in [0.3, 0.4) is 0 Å². The van der Waals surface area contributed by atoms with Gasteiger partial charge < -0.3 is 31.2 Å². The quantitative estimate of drug-likeness (QED) is 0.240. The van der Waals surface area contributed by atoms with Gasteiger partial charge in [-0.25, -0.2) is 18.4 Å². The number of ether oxygens (including phenoxy) is 2. The number of amides is 1. The van der Waals surface area contributed by atoms with Gasteiger partial charge >= 0.3 is 0 Å². The molecular formula is C33H42ClF2N7O3. The first kappa shape index (κ1) is 36.2. The van der Waals surface area contributed by atoms with Crippen molar-refractivity contribution in [3.05, 3.63) is 102 Å². The third-order valence-electron chi connectivity index (χ3n) is 8.31. The van der Waals surface area contributed by atoms with E-state index in [9.17, 15) is 13.6 Å². The molecule has 2 saturated heterocycles. The Morgan fingerprint density at radius 1 is 1.02 bits per heavy atom. The number of anilines is 2. The number of hydrogen-bond acceptors (Lipinski definition) is 8. The minimum absolute atomic E-state index is 0. The highest BCUT2D eigenvalue weighted by Crippen LogP contribution is 2.42. The van der Waals surface area contributed by atoms with Gasteiger partial charge in [0, 0.05) is 60.7 Å². The number of aryl methyl sites for hydroxylation is 1. The maximum absolute atomic E-state index is 14.9. The van der Waals surface area contributed by atoms with Crippen molar-refractivity contribution in [3.8, 4) is 5.75 Å². The van der Waals surface area contributed by atoms with Crippen LogP contribution in [0.4, 0.5) is 20.2 Å². The number of benzene rings is 3. The smallest absolute Gasteiger partial charge is 0.248 e. The van der Waals surface area contributed by atoms with Gasteiger partial charge in [0.25, 0.3) is 0 Å². The minimum Gasteiger partial charge on any atom is -0.493 e. The number of nitrogens with zero attached hydrogens (tertiary/aromatic N) is 5. The molecule has 2 aliphatic heterocycles. The van der Waals surface area contributed by atoms with E-state index in [-0.39, 0.29) is 38.4 Å². The molecule has 10 nitrogen and oxygen atoms in total. The molecule has 248 valence electrons. The summed E-state index contributed by atoms with van der Waals surface area (Å²) in [6.45, 7) is 6.51. The van der Waals surface area contributed by atoms with E-state index in [0.29, 0.717) is 30.8 Å². The zero-order chi connectivity index (χ0) is 30.0. The van der Waals surface area contributed by atoms with E-state index >= 15 is 0 Å². The van der Waals surface area contributed by atoms with Crippen LogP contribution in [0.5, 0.6) is 5.75 Å². The van der Waals surface area contributed by atoms with Crippen LogP contribution in [0.2, 0.25) is 0 Å². The Bertz CT molecular complexity index is 1580. The van der Waals surface area contributed by atoms with Gasteiger partial charge in [-0.15, -0.1) is 12.4 Å². The van der Waals surface area contributed by atoms with Crippen molar-refractivity contribution < 1.29 is 23.0 Å². The van der Waals surface area contributed by atoms with Gasteiger partial charge in [-0.1, -0.05) is 13.5 Å². The number of carbonyl (C=O) groups excluding carboxylic acids is 1. The normalized spacial score (nSPS) is 19.1. The summed E-state index contributed by atoms with van der Waals surface area (Å²) in [5.74, 6) is -0.912. The number of hydrogen-bond donors (Lipinski definition) is 2. The topological polar surface area (TPSA) is 134 Å². The van der Waals surface area contributed by atoms with Crippen molar-refractivity contribution in [2.24, 2.45) is 11.7 Å². The van der Waals surface area contributed by atoms with Crippen LogP contribution >= 0.6 is 12.4 Å². The monoisotopic (exact) mass is 657 g/mol. The van der Waals surface area contributed by atoms with Crippen molar-refractivity contribution in [1.29, 1.82) is 0 Å². The molecule has 0 spiro atoms. The Labute approximate surface area is 274 Å². The summed E-state index contributed by atoms with van der Waals surface area (Å²) in [5.41, 5.74) is 8.40. The van der Waals surface area contributed by atoms with Crippen molar-refractivity contribution in [2.75, 3.05) is 49.2 Å². The summed E-state index contributed by atoms with van der Waals surface area (Å²) < 4.78 is 42.7. The predicted molar refractivity (Wildman–Crippen MR) is 177 cm³/mol. The number of halogens is 3. The lowest BCUT2D eigenvalue weighted by molar-refractivity contribution is -0.0206. The lowest BCUT2D eigenvalue weighted by Gasteiger charge is -2.37. The van der Waals surface area contributed by atoms with Crippen LogP contribution in [0.15, 0.2) is 73.3 Å². The van der Waals surface area contributed by atoms with Crippen LogP contribution < -0.4 is 26.4 Å². The molecule has 0 aliphatic carbocycles. The highest BCUT2D eigenvalue weighted by Gasteiger charge is 2.44. The molecule has 1 amide bonds. The van der Waals surface area contributed by atoms with E-state index in [0.717, 1.165) is 54.9 Å². The van der Waals surface area contributed by atoms with Crippen LogP contribution in [-0.4, -0.2) is 60.1 Å². The summed E-state index contributed by atoms with van der Waals surface area (Å²) in [5, 5.41) is 4.18. The van der Waals surface area contributed by atoms with Crippen molar-refractivity contribution in [1.82, 2.24) is 20.9 Å². The summed E-state index contributed by atoms with van der Waals surface area (Å²) in [7, 11) is 0. The van der Waals surface area contributed by atoms with E-state index in [2.05, 4.69) is 32.0 Å².